The monoisotopic (exact) mass is 238 g/mol. The zero-order chi connectivity index (χ0) is 12.3. The van der Waals surface area contributed by atoms with Gasteiger partial charge in [-0.2, -0.15) is 4.72 Å². The number of rotatable bonds is 3. The molecule has 0 amide bonds. The summed E-state index contributed by atoms with van der Waals surface area (Å²) in [6.07, 6.45) is 5.02. The van der Waals surface area contributed by atoms with Gasteiger partial charge >= 0.3 is 0 Å². The average Bonchev–Trinajstić information content (AvgIpc) is 2.12. The minimum absolute atomic E-state index is 0.0222. The predicted molar refractivity (Wildman–Crippen MR) is 64.3 cm³/mol. The molecule has 0 saturated heterocycles. The van der Waals surface area contributed by atoms with E-state index >= 15 is 0 Å². The molecule has 4 nitrogen and oxygen atoms in total. The zero-order valence-corrected chi connectivity index (χ0v) is 10.1. The van der Waals surface area contributed by atoms with Crippen LogP contribution in [0, 0.1) is 26.2 Å². The van der Waals surface area contributed by atoms with Gasteiger partial charge in [0.2, 0.25) is 10.0 Å². The number of terminal acetylenes is 1. The van der Waals surface area contributed by atoms with Crippen molar-refractivity contribution in [2.75, 3.05) is 12.3 Å². The smallest absolute Gasteiger partial charge is 0.241 e. The van der Waals surface area contributed by atoms with E-state index in [1.165, 1.54) is 0 Å². The van der Waals surface area contributed by atoms with Gasteiger partial charge in [-0.05, 0) is 37.1 Å². The fourth-order valence-electron chi connectivity index (χ4n) is 1.62. The lowest BCUT2D eigenvalue weighted by molar-refractivity contribution is 0.585. The first-order valence-corrected chi connectivity index (χ1v) is 6.16. The van der Waals surface area contributed by atoms with Gasteiger partial charge in [0.05, 0.1) is 11.4 Å². The van der Waals surface area contributed by atoms with Crippen LogP contribution in [0.5, 0.6) is 0 Å². The lowest BCUT2D eigenvalue weighted by Crippen LogP contribution is -2.25. The van der Waals surface area contributed by atoms with E-state index in [0.717, 1.165) is 0 Å². The van der Waals surface area contributed by atoms with Gasteiger partial charge in [-0.15, -0.1) is 6.42 Å². The highest BCUT2D eigenvalue weighted by Crippen LogP contribution is 2.22. The molecule has 0 aliphatic carbocycles. The van der Waals surface area contributed by atoms with E-state index in [9.17, 15) is 8.42 Å². The van der Waals surface area contributed by atoms with Gasteiger partial charge in [-0.1, -0.05) is 5.92 Å². The van der Waals surface area contributed by atoms with Gasteiger partial charge in [0.15, 0.2) is 0 Å². The topological polar surface area (TPSA) is 72.2 Å². The molecule has 0 aliphatic heterocycles. The average molecular weight is 238 g/mol. The van der Waals surface area contributed by atoms with Crippen LogP contribution in [0.1, 0.15) is 11.1 Å². The van der Waals surface area contributed by atoms with Gasteiger partial charge in [0.1, 0.15) is 0 Å². The maximum atomic E-state index is 11.9. The van der Waals surface area contributed by atoms with E-state index in [0.29, 0.717) is 16.8 Å². The number of benzene rings is 1. The van der Waals surface area contributed by atoms with E-state index in [4.69, 9.17) is 12.2 Å². The van der Waals surface area contributed by atoms with E-state index in [2.05, 4.69) is 10.6 Å². The summed E-state index contributed by atoms with van der Waals surface area (Å²) in [5.74, 6) is 2.23. The number of sulfonamides is 1. The van der Waals surface area contributed by atoms with Crippen molar-refractivity contribution in [2.45, 2.75) is 18.7 Å². The lowest BCUT2D eigenvalue weighted by Gasteiger charge is -2.11. The number of hydrogen-bond acceptors (Lipinski definition) is 3. The van der Waals surface area contributed by atoms with Crippen molar-refractivity contribution in [2.24, 2.45) is 0 Å². The summed E-state index contributed by atoms with van der Waals surface area (Å²) < 4.78 is 26.1. The van der Waals surface area contributed by atoms with Crippen molar-refractivity contribution in [3.63, 3.8) is 0 Å². The highest BCUT2D eigenvalue weighted by atomic mass is 32.2. The third-order valence-electron chi connectivity index (χ3n) is 2.12. The van der Waals surface area contributed by atoms with Crippen LogP contribution in [0.2, 0.25) is 0 Å². The fourth-order valence-corrected chi connectivity index (χ4v) is 3.00. The second-order valence-corrected chi connectivity index (χ2v) is 5.22. The first kappa shape index (κ1) is 12.6. The SMILES string of the molecule is C#CCNS(=O)(=O)c1c(C)cc(N)cc1C. The summed E-state index contributed by atoms with van der Waals surface area (Å²) in [4.78, 5) is 0.247. The third kappa shape index (κ3) is 2.54. The number of hydrogen-bond donors (Lipinski definition) is 2. The molecule has 0 fully saturated rings. The van der Waals surface area contributed by atoms with E-state index in [-0.39, 0.29) is 11.4 Å². The van der Waals surface area contributed by atoms with Gasteiger partial charge in [-0.3, -0.25) is 0 Å². The molecule has 0 aromatic heterocycles. The number of nitrogens with one attached hydrogen (secondary N) is 1. The summed E-state index contributed by atoms with van der Waals surface area (Å²) in [5, 5.41) is 0. The third-order valence-corrected chi connectivity index (χ3v) is 3.82. The van der Waals surface area contributed by atoms with Gasteiger partial charge in [0.25, 0.3) is 0 Å². The minimum Gasteiger partial charge on any atom is -0.399 e. The largest absolute Gasteiger partial charge is 0.399 e. The summed E-state index contributed by atoms with van der Waals surface area (Å²) in [7, 11) is -3.55. The molecule has 0 heterocycles. The number of nitrogen functional groups attached to an aromatic ring is 1. The van der Waals surface area contributed by atoms with Crippen molar-refractivity contribution in [3.05, 3.63) is 23.3 Å². The Bertz CT molecular complexity index is 519. The van der Waals surface area contributed by atoms with Crippen molar-refractivity contribution >= 4 is 15.7 Å². The summed E-state index contributed by atoms with van der Waals surface area (Å²) in [5.41, 5.74) is 7.40. The Morgan fingerprint density at radius 3 is 2.31 bits per heavy atom. The van der Waals surface area contributed by atoms with Gasteiger partial charge < -0.3 is 5.73 Å². The molecule has 0 bridgehead atoms. The molecule has 16 heavy (non-hydrogen) atoms. The summed E-state index contributed by atoms with van der Waals surface area (Å²) >= 11 is 0. The van der Waals surface area contributed by atoms with Crippen molar-refractivity contribution in [3.8, 4) is 12.3 Å². The Hall–Kier alpha value is -1.51. The van der Waals surface area contributed by atoms with Crippen LogP contribution in [0.25, 0.3) is 0 Å². The van der Waals surface area contributed by atoms with Crippen LogP contribution >= 0.6 is 0 Å². The van der Waals surface area contributed by atoms with E-state index in [1.807, 2.05) is 0 Å². The second-order valence-electron chi connectivity index (χ2n) is 3.51. The molecule has 1 rings (SSSR count). The summed E-state index contributed by atoms with van der Waals surface area (Å²) in [6, 6.07) is 3.24. The number of aryl methyl sites for hydroxylation is 2. The summed E-state index contributed by atoms with van der Waals surface area (Å²) in [6.45, 7) is 3.38. The number of anilines is 1. The van der Waals surface area contributed by atoms with Gasteiger partial charge in [0, 0.05) is 5.69 Å². The molecule has 0 radical (unpaired) electrons. The number of nitrogens with two attached hydrogens (primary N) is 1. The predicted octanol–water partition coefficient (Wildman–Crippen LogP) is 0.797. The quantitative estimate of drug-likeness (QED) is 0.604. The van der Waals surface area contributed by atoms with Gasteiger partial charge in [-0.25, -0.2) is 8.42 Å². The van der Waals surface area contributed by atoms with Crippen LogP contribution in [-0.4, -0.2) is 15.0 Å². The van der Waals surface area contributed by atoms with Crippen LogP contribution in [0.3, 0.4) is 0 Å². The highest BCUT2D eigenvalue weighted by Gasteiger charge is 2.18. The van der Waals surface area contributed by atoms with Crippen molar-refractivity contribution in [1.29, 1.82) is 0 Å². The molecule has 0 spiro atoms. The maximum Gasteiger partial charge on any atom is 0.241 e. The zero-order valence-electron chi connectivity index (χ0n) is 9.24. The maximum absolute atomic E-state index is 11.9. The lowest BCUT2D eigenvalue weighted by atomic mass is 10.1. The van der Waals surface area contributed by atoms with E-state index in [1.54, 1.807) is 26.0 Å². The molecule has 5 heteroatoms. The molecule has 0 unspecified atom stereocenters. The minimum atomic E-state index is -3.55. The molecular formula is C11H14N2O2S. The van der Waals surface area contributed by atoms with E-state index < -0.39 is 10.0 Å². The highest BCUT2D eigenvalue weighted by molar-refractivity contribution is 7.89. The standard InChI is InChI=1S/C11H14N2O2S/c1-4-5-13-16(14,15)11-8(2)6-10(12)7-9(11)3/h1,6-7,13H,5,12H2,2-3H3. The molecule has 1 aromatic carbocycles. The molecule has 1 aromatic rings. The van der Waals surface area contributed by atoms with Crippen LogP contribution in [0.4, 0.5) is 5.69 Å². The Morgan fingerprint density at radius 1 is 1.38 bits per heavy atom. The fraction of sp³-hybridized carbons (Fsp3) is 0.273. The van der Waals surface area contributed by atoms with Crippen LogP contribution in [-0.2, 0) is 10.0 Å². The molecule has 3 N–H and O–H groups in total. The van der Waals surface area contributed by atoms with Crippen molar-refractivity contribution < 1.29 is 8.42 Å². The Labute approximate surface area is 95.9 Å². The normalized spacial score (nSPS) is 11.1. The Kier molecular flexibility index (Phi) is 3.58. The Balaban J connectivity index is 3.29. The molecule has 0 aliphatic rings. The first-order valence-electron chi connectivity index (χ1n) is 4.68. The molecular weight excluding hydrogens is 224 g/mol. The Morgan fingerprint density at radius 2 is 1.88 bits per heavy atom. The van der Waals surface area contributed by atoms with Crippen LogP contribution < -0.4 is 10.5 Å². The molecule has 0 saturated carbocycles. The van der Waals surface area contributed by atoms with Crippen molar-refractivity contribution in [1.82, 2.24) is 4.72 Å². The second kappa shape index (κ2) is 4.56. The molecule has 86 valence electrons. The first-order chi connectivity index (χ1) is 7.38. The molecule has 0 atom stereocenters. The van der Waals surface area contributed by atoms with Crippen LogP contribution in [0.15, 0.2) is 17.0 Å².